The van der Waals surface area contributed by atoms with Crippen LogP contribution >= 0.6 is 11.6 Å². The molecule has 0 bridgehead atoms. The summed E-state index contributed by atoms with van der Waals surface area (Å²) in [7, 11) is 1.50. The maximum atomic E-state index is 12.1. The fourth-order valence-corrected chi connectivity index (χ4v) is 2.51. The van der Waals surface area contributed by atoms with Gasteiger partial charge in [0.15, 0.2) is 5.78 Å². The molecule has 18 heavy (non-hydrogen) atoms. The van der Waals surface area contributed by atoms with Gasteiger partial charge in [0.25, 0.3) is 0 Å². The number of hydrogen-bond acceptors (Lipinski definition) is 3. The number of carbonyl (C=O) groups is 2. The second-order valence-electron chi connectivity index (χ2n) is 4.17. The van der Waals surface area contributed by atoms with Gasteiger partial charge in [-0.15, -0.1) is 0 Å². The Labute approximate surface area is 110 Å². The minimum atomic E-state index is -0.0906. The number of fused-ring (bicyclic) bond motifs is 1. The summed E-state index contributed by atoms with van der Waals surface area (Å²) in [5.74, 6) is 0.319. The number of halogens is 1. The monoisotopic (exact) mass is 267 g/mol. The van der Waals surface area contributed by atoms with Crippen LogP contribution in [0.5, 0.6) is 5.75 Å². The van der Waals surface area contributed by atoms with Crippen molar-refractivity contribution in [3.8, 4) is 5.75 Å². The van der Waals surface area contributed by atoms with E-state index in [1.54, 1.807) is 17.0 Å². The van der Waals surface area contributed by atoms with Crippen LogP contribution in [0.15, 0.2) is 12.1 Å². The molecule has 0 atom stereocenters. The molecule has 1 amide bonds. The average molecular weight is 268 g/mol. The van der Waals surface area contributed by atoms with Gasteiger partial charge in [-0.2, -0.15) is 0 Å². The Morgan fingerprint density at radius 1 is 1.44 bits per heavy atom. The third kappa shape index (κ3) is 2.08. The maximum absolute atomic E-state index is 12.1. The fourth-order valence-electron chi connectivity index (χ4n) is 2.16. The lowest BCUT2D eigenvalue weighted by Crippen LogP contribution is -2.29. The van der Waals surface area contributed by atoms with Crippen LogP contribution in [0, 0.1) is 0 Å². The van der Waals surface area contributed by atoms with Gasteiger partial charge in [-0.1, -0.05) is 11.6 Å². The number of anilines is 1. The molecule has 0 aromatic heterocycles. The zero-order valence-electron chi connectivity index (χ0n) is 10.3. The van der Waals surface area contributed by atoms with Crippen molar-refractivity contribution in [2.24, 2.45) is 0 Å². The standard InChI is InChI=1S/C13H14ClNO3/c1-8(16)15-7-3-4-10(17)12-9(15)5-6-11(18-2)13(12)14/h5-6H,3-4,7H2,1-2H3. The van der Waals surface area contributed by atoms with Gasteiger partial charge in [0.2, 0.25) is 5.91 Å². The lowest BCUT2D eigenvalue weighted by Gasteiger charge is -2.21. The normalized spacial score (nSPS) is 15.1. The number of rotatable bonds is 1. The van der Waals surface area contributed by atoms with E-state index in [9.17, 15) is 9.59 Å². The van der Waals surface area contributed by atoms with Crippen molar-refractivity contribution in [3.63, 3.8) is 0 Å². The van der Waals surface area contributed by atoms with Crippen LogP contribution in [-0.2, 0) is 4.79 Å². The van der Waals surface area contributed by atoms with Crippen LogP contribution in [0.3, 0.4) is 0 Å². The number of Topliss-reactive ketones (excluding diaryl/α,β-unsaturated/α-hetero) is 1. The Hall–Kier alpha value is -1.55. The highest BCUT2D eigenvalue weighted by atomic mass is 35.5. The number of carbonyl (C=O) groups excluding carboxylic acids is 2. The van der Waals surface area contributed by atoms with Gasteiger partial charge in [0, 0.05) is 19.9 Å². The number of benzene rings is 1. The summed E-state index contributed by atoms with van der Waals surface area (Å²) in [6.45, 7) is 2.02. The Morgan fingerprint density at radius 2 is 2.17 bits per heavy atom. The summed E-state index contributed by atoms with van der Waals surface area (Å²) in [6, 6.07) is 3.39. The molecule has 0 fully saturated rings. The molecule has 5 heteroatoms. The topological polar surface area (TPSA) is 46.6 Å². The van der Waals surface area contributed by atoms with Crippen molar-refractivity contribution in [1.82, 2.24) is 0 Å². The minimum absolute atomic E-state index is 0.0438. The zero-order chi connectivity index (χ0) is 13.3. The first-order chi connectivity index (χ1) is 8.56. The quantitative estimate of drug-likeness (QED) is 0.786. The summed E-state index contributed by atoms with van der Waals surface area (Å²) in [4.78, 5) is 25.3. The van der Waals surface area contributed by atoms with Crippen molar-refractivity contribution >= 4 is 29.0 Å². The zero-order valence-corrected chi connectivity index (χ0v) is 11.1. The number of methoxy groups -OCH3 is 1. The number of ketones is 1. The molecule has 0 aliphatic carbocycles. The first kappa shape index (κ1) is 12.9. The summed E-state index contributed by atoms with van der Waals surface area (Å²) in [5.41, 5.74) is 0.972. The molecule has 0 N–H and O–H groups in total. The predicted octanol–water partition coefficient (Wildman–Crippen LogP) is 2.68. The summed E-state index contributed by atoms with van der Waals surface area (Å²) in [5, 5.41) is 0.285. The Kier molecular flexibility index (Phi) is 3.57. The maximum Gasteiger partial charge on any atom is 0.223 e. The Bertz CT molecular complexity index is 513. The van der Waals surface area contributed by atoms with Gasteiger partial charge in [0.1, 0.15) is 5.75 Å². The second-order valence-corrected chi connectivity index (χ2v) is 4.55. The van der Waals surface area contributed by atoms with E-state index in [-0.39, 0.29) is 16.7 Å². The van der Waals surface area contributed by atoms with Crippen molar-refractivity contribution in [2.45, 2.75) is 19.8 Å². The van der Waals surface area contributed by atoms with E-state index < -0.39 is 0 Å². The highest BCUT2D eigenvalue weighted by molar-refractivity contribution is 6.36. The van der Waals surface area contributed by atoms with Gasteiger partial charge in [-0.3, -0.25) is 9.59 Å². The van der Waals surface area contributed by atoms with Gasteiger partial charge < -0.3 is 9.64 Å². The second kappa shape index (κ2) is 4.98. The molecule has 0 unspecified atom stereocenters. The predicted molar refractivity (Wildman–Crippen MR) is 69.6 cm³/mol. The van der Waals surface area contributed by atoms with Gasteiger partial charge >= 0.3 is 0 Å². The van der Waals surface area contributed by atoms with E-state index in [1.807, 2.05) is 0 Å². The van der Waals surface area contributed by atoms with Crippen LogP contribution in [0.4, 0.5) is 5.69 Å². The molecule has 96 valence electrons. The average Bonchev–Trinajstić information content (AvgIpc) is 2.49. The van der Waals surface area contributed by atoms with Gasteiger partial charge in [-0.25, -0.2) is 0 Å². The van der Waals surface area contributed by atoms with Crippen LogP contribution < -0.4 is 9.64 Å². The number of ether oxygens (including phenoxy) is 1. The number of nitrogens with zero attached hydrogens (tertiary/aromatic N) is 1. The largest absolute Gasteiger partial charge is 0.495 e. The van der Waals surface area contributed by atoms with Crippen LogP contribution in [0.1, 0.15) is 30.1 Å². The number of amides is 1. The summed E-state index contributed by atoms with van der Waals surface area (Å²) in [6.07, 6.45) is 1.04. The number of hydrogen-bond donors (Lipinski definition) is 0. The van der Waals surface area contributed by atoms with E-state index in [2.05, 4.69) is 0 Å². The molecular weight excluding hydrogens is 254 g/mol. The molecule has 1 aromatic rings. The van der Waals surface area contributed by atoms with Crippen LogP contribution in [0.2, 0.25) is 5.02 Å². The lowest BCUT2D eigenvalue weighted by atomic mass is 10.1. The SMILES string of the molecule is COc1ccc2c(c1Cl)C(=O)CCCN2C(C)=O. The molecule has 0 spiro atoms. The summed E-state index contributed by atoms with van der Waals surface area (Å²) >= 11 is 6.18. The fraction of sp³-hybridized carbons (Fsp3) is 0.385. The van der Waals surface area contributed by atoms with E-state index in [4.69, 9.17) is 16.3 Å². The molecule has 1 aromatic carbocycles. The van der Waals surface area contributed by atoms with E-state index >= 15 is 0 Å². The summed E-state index contributed by atoms with van der Waals surface area (Å²) < 4.78 is 5.11. The molecule has 1 aliphatic heterocycles. The van der Waals surface area contributed by atoms with Crippen molar-refractivity contribution in [1.29, 1.82) is 0 Å². The third-order valence-corrected chi connectivity index (χ3v) is 3.41. The Morgan fingerprint density at radius 3 is 2.78 bits per heavy atom. The van der Waals surface area contributed by atoms with E-state index in [0.29, 0.717) is 36.4 Å². The van der Waals surface area contributed by atoms with Gasteiger partial charge in [0.05, 0.1) is 23.4 Å². The third-order valence-electron chi connectivity index (χ3n) is 3.04. The van der Waals surface area contributed by atoms with Crippen molar-refractivity contribution in [2.75, 3.05) is 18.6 Å². The van der Waals surface area contributed by atoms with Gasteiger partial charge in [-0.05, 0) is 18.6 Å². The highest BCUT2D eigenvalue weighted by Crippen LogP contribution is 2.37. The first-order valence-electron chi connectivity index (χ1n) is 5.74. The molecule has 0 saturated carbocycles. The van der Waals surface area contributed by atoms with Crippen molar-refractivity contribution in [3.05, 3.63) is 22.7 Å². The van der Waals surface area contributed by atoms with E-state index in [0.717, 1.165) is 0 Å². The lowest BCUT2D eigenvalue weighted by molar-refractivity contribution is -0.116. The van der Waals surface area contributed by atoms with Crippen LogP contribution in [0.25, 0.3) is 0 Å². The molecule has 0 radical (unpaired) electrons. The van der Waals surface area contributed by atoms with Crippen molar-refractivity contribution < 1.29 is 14.3 Å². The highest BCUT2D eigenvalue weighted by Gasteiger charge is 2.27. The first-order valence-corrected chi connectivity index (χ1v) is 6.12. The molecule has 2 rings (SSSR count). The van der Waals surface area contributed by atoms with E-state index in [1.165, 1.54) is 14.0 Å². The molecule has 1 aliphatic rings. The van der Waals surface area contributed by atoms with Crippen LogP contribution in [-0.4, -0.2) is 25.3 Å². The smallest absolute Gasteiger partial charge is 0.223 e. The molecule has 1 heterocycles. The molecular formula is C13H14ClNO3. The minimum Gasteiger partial charge on any atom is -0.495 e. The Balaban J connectivity index is 2.64. The molecule has 0 saturated heterocycles. The molecule has 4 nitrogen and oxygen atoms in total.